The highest BCUT2D eigenvalue weighted by Gasteiger charge is 2.28. The van der Waals surface area contributed by atoms with E-state index in [0.29, 0.717) is 17.1 Å². The summed E-state index contributed by atoms with van der Waals surface area (Å²) in [7, 11) is 1.65. The minimum absolute atomic E-state index is 0.0876. The molecule has 0 fully saturated rings. The molecule has 0 radical (unpaired) electrons. The molecule has 1 unspecified atom stereocenters. The molecule has 0 aliphatic carbocycles. The van der Waals surface area contributed by atoms with E-state index >= 15 is 0 Å². The topological polar surface area (TPSA) is 56.1 Å². The van der Waals surface area contributed by atoms with Gasteiger partial charge in [0.05, 0.1) is 29.7 Å². The van der Waals surface area contributed by atoms with Crippen molar-refractivity contribution in [3.05, 3.63) is 82.9 Å². The fraction of sp³-hybridized carbons (Fsp3) is 0.130. The van der Waals surface area contributed by atoms with Gasteiger partial charge in [0.2, 0.25) is 0 Å². The fourth-order valence-electron chi connectivity index (χ4n) is 3.91. The maximum Gasteiger partial charge on any atom is 0.253 e. The molecule has 5 nitrogen and oxygen atoms in total. The molecule has 1 atom stereocenters. The van der Waals surface area contributed by atoms with E-state index in [1.54, 1.807) is 7.11 Å². The van der Waals surface area contributed by atoms with Crippen LogP contribution in [0.3, 0.4) is 0 Å². The quantitative estimate of drug-likeness (QED) is 0.539. The van der Waals surface area contributed by atoms with Crippen LogP contribution in [0.15, 0.2) is 66.7 Å². The second kappa shape index (κ2) is 6.94. The number of amides is 1. The molecule has 6 heteroatoms. The van der Waals surface area contributed by atoms with Crippen LogP contribution < -0.4 is 10.1 Å². The Balaban J connectivity index is 1.79. The molecule has 0 bridgehead atoms. The summed E-state index contributed by atoms with van der Waals surface area (Å²) in [6.07, 6.45) is 0. The Morgan fingerprint density at radius 3 is 2.55 bits per heavy atom. The van der Waals surface area contributed by atoms with E-state index in [2.05, 4.69) is 9.88 Å². The largest absolute Gasteiger partial charge is 0.497 e. The molecule has 2 heterocycles. The van der Waals surface area contributed by atoms with E-state index in [9.17, 15) is 4.79 Å². The van der Waals surface area contributed by atoms with Crippen LogP contribution in [0.2, 0.25) is 5.02 Å². The van der Waals surface area contributed by atoms with Gasteiger partial charge in [-0.2, -0.15) is 0 Å². The molecule has 144 valence electrons. The van der Waals surface area contributed by atoms with Crippen molar-refractivity contribution < 1.29 is 9.53 Å². The van der Waals surface area contributed by atoms with Crippen molar-refractivity contribution in [2.24, 2.45) is 0 Å². The number of carbonyl (C=O) groups excluding carboxylic acids is 1. The number of para-hydroxylation sites is 1. The molecule has 1 aliphatic heterocycles. The van der Waals surface area contributed by atoms with Gasteiger partial charge in [-0.15, -0.1) is 0 Å². The van der Waals surface area contributed by atoms with Gasteiger partial charge < -0.3 is 14.6 Å². The molecular weight excluding hydrogens is 386 g/mol. The number of carbonyl (C=O) groups is 1. The summed E-state index contributed by atoms with van der Waals surface area (Å²) in [4.78, 5) is 17.7. The zero-order valence-electron chi connectivity index (χ0n) is 15.7. The number of nitrogens with one attached hydrogen (secondary N) is 1. The van der Waals surface area contributed by atoms with E-state index in [-0.39, 0.29) is 11.9 Å². The van der Waals surface area contributed by atoms with Gasteiger partial charge >= 0.3 is 0 Å². The third-order valence-electron chi connectivity index (χ3n) is 5.33. The van der Waals surface area contributed by atoms with Crippen LogP contribution in [-0.4, -0.2) is 29.1 Å². The lowest BCUT2D eigenvalue weighted by Crippen LogP contribution is -2.28. The highest BCUT2D eigenvalue weighted by Crippen LogP contribution is 2.35. The zero-order chi connectivity index (χ0) is 20.0. The van der Waals surface area contributed by atoms with Crippen LogP contribution in [0.25, 0.3) is 22.4 Å². The number of benzene rings is 3. The van der Waals surface area contributed by atoms with Crippen LogP contribution in [0.1, 0.15) is 22.0 Å². The number of nitrogens with zero attached hydrogens (tertiary/aromatic N) is 2. The minimum Gasteiger partial charge on any atom is -0.497 e. The number of ether oxygens (including phenoxy) is 1. The SMILES string of the molecule is COc1ccc(C2CNC(=O)c3cccc4nc(-c5ccc(Cl)cc5)n2c34)cc1. The van der Waals surface area contributed by atoms with Crippen molar-refractivity contribution in [2.75, 3.05) is 13.7 Å². The first-order valence-electron chi connectivity index (χ1n) is 9.35. The fourth-order valence-corrected chi connectivity index (χ4v) is 4.03. The van der Waals surface area contributed by atoms with Gasteiger partial charge in [0.1, 0.15) is 11.6 Å². The molecule has 1 N–H and O–H groups in total. The van der Waals surface area contributed by atoms with E-state index in [4.69, 9.17) is 21.3 Å². The summed E-state index contributed by atoms with van der Waals surface area (Å²) in [6.45, 7) is 0.464. The number of methoxy groups -OCH3 is 1. The molecule has 1 aliphatic rings. The predicted octanol–water partition coefficient (Wildman–Crippen LogP) is 4.70. The second-order valence-electron chi connectivity index (χ2n) is 6.98. The molecule has 1 aromatic heterocycles. The lowest BCUT2D eigenvalue weighted by molar-refractivity contribution is 0.0955. The van der Waals surface area contributed by atoms with E-state index in [1.807, 2.05) is 66.7 Å². The number of hydrogen-bond acceptors (Lipinski definition) is 3. The molecule has 3 aromatic carbocycles. The molecular formula is C23H18ClN3O2. The first kappa shape index (κ1) is 17.8. The van der Waals surface area contributed by atoms with Crippen molar-refractivity contribution >= 4 is 28.5 Å². The Kier molecular flexibility index (Phi) is 4.25. The Bertz CT molecular complexity index is 1210. The Morgan fingerprint density at radius 2 is 1.83 bits per heavy atom. The van der Waals surface area contributed by atoms with Crippen molar-refractivity contribution in [2.45, 2.75) is 6.04 Å². The van der Waals surface area contributed by atoms with E-state index in [1.165, 1.54) is 0 Å². The van der Waals surface area contributed by atoms with Crippen LogP contribution in [-0.2, 0) is 0 Å². The highest BCUT2D eigenvalue weighted by molar-refractivity contribution is 6.30. The monoisotopic (exact) mass is 403 g/mol. The zero-order valence-corrected chi connectivity index (χ0v) is 16.5. The third-order valence-corrected chi connectivity index (χ3v) is 5.58. The van der Waals surface area contributed by atoms with Crippen LogP contribution >= 0.6 is 11.6 Å². The molecule has 0 spiro atoms. The average molecular weight is 404 g/mol. The lowest BCUT2D eigenvalue weighted by atomic mass is 10.1. The Labute approximate surface area is 172 Å². The summed E-state index contributed by atoms with van der Waals surface area (Å²) < 4.78 is 7.46. The molecule has 29 heavy (non-hydrogen) atoms. The normalized spacial score (nSPS) is 15.8. The summed E-state index contributed by atoms with van der Waals surface area (Å²) in [5, 5.41) is 3.73. The molecule has 1 amide bonds. The van der Waals surface area contributed by atoms with Gasteiger partial charge in [0.25, 0.3) is 5.91 Å². The maximum absolute atomic E-state index is 12.8. The standard InChI is InChI=1S/C23H18ClN3O2/c1-29-17-11-7-14(8-12-17)20-13-25-23(28)18-3-2-4-19-21(18)27(20)22(26-19)15-5-9-16(24)10-6-15/h2-12,20H,13H2,1H3,(H,25,28). The number of hydrogen-bond donors (Lipinski definition) is 1. The maximum atomic E-state index is 12.8. The molecule has 4 aromatic rings. The van der Waals surface area contributed by atoms with Gasteiger partial charge in [0.15, 0.2) is 0 Å². The van der Waals surface area contributed by atoms with Crippen molar-refractivity contribution in [3.63, 3.8) is 0 Å². The smallest absolute Gasteiger partial charge is 0.253 e. The number of halogens is 1. The molecule has 5 rings (SSSR count). The van der Waals surface area contributed by atoms with Crippen LogP contribution in [0.4, 0.5) is 0 Å². The number of imidazole rings is 1. The van der Waals surface area contributed by atoms with Gasteiger partial charge in [-0.25, -0.2) is 4.98 Å². The first-order chi connectivity index (χ1) is 14.2. The van der Waals surface area contributed by atoms with Crippen molar-refractivity contribution in [3.8, 4) is 17.1 Å². The Morgan fingerprint density at radius 1 is 1.07 bits per heavy atom. The second-order valence-corrected chi connectivity index (χ2v) is 7.42. The summed E-state index contributed by atoms with van der Waals surface area (Å²) in [5.41, 5.74) is 4.28. The van der Waals surface area contributed by atoms with Crippen molar-refractivity contribution in [1.82, 2.24) is 14.9 Å². The third kappa shape index (κ3) is 2.95. The number of aromatic nitrogens is 2. The minimum atomic E-state index is -0.107. The summed E-state index contributed by atoms with van der Waals surface area (Å²) in [5.74, 6) is 1.51. The predicted molar refractivity (Wildman–Crippen MR) is 114 cm³/mol. The van der Waals surface area contributed by atoms with E-state index in [0.717, 1.165) is 33.7 Å². The average Bonchev–Trinajstić information content (AvgIpc) is 3.07. The lowest BCUT2D eigenvalue weighted by Gasteiger charge is -2.21. The molecule has 0 saturated carbocycles. The van der Waals surface area contributed by atoms with Crippen LogP contribution in [0.5, 0.6) is 5.75 Å². The van der Waals surface area contributed by atoms with Gasteiger partial charge in [-0.3, -0.25) is 4.79 Å². The highest BCUT2D eigenvalue weighted by atomic mass is 35.5. The summed E-state index contributed by atoms with van der Waals surface area (Å²) >= 11 is 6.09. The van der Waals surface area contributed by atoms with Gasteiger partial charge in [0, 0.05) is 17.1 Å². The van der Waals surface area contributed by atoms with Gasteiger partial charge in [-0.05, 0) is 54.1 Å². The van der Waals surface area contributed by atoms with Crippen molar-refractivity contribution in [1.29, 1.82) is 0 Å². The summed E-state index contributed by atoms with van der Waals surface area (Å²) in [6, 6.07) is 21.1. The van der Waals surface area contributed by atoms with Gasteiger partial charge in [-0.1, -0.05) is 29.8 Å². The molecule has 0 saturated heterocycles. The Hall–Kier alpha value is -3.31. The number of rotatable bonds is 3. The van der Waals surface area contributed by atoms with Crippen LogP contribution in [0, 0.1) is 0 Å². The first-order valence-corrected chi connectivity index (χ1v) is 9.72. The van der Waals surface area contributed by atoms with E-state index < -0.39 is 0 Å².